The lowest BCUT2D eigenvalue weighted by atomic mass is 10.2. The number of hydrogen-bond donors (Lipinski definition) is 3. The van der Waals surface area contributed by atoms with Gasteiger partial charge in [-0.15, -0.1) is 0 Å². The molecule has 0 aliphatic rings. The number of nitrogens with zero attached hydrogens (tertiary/aromatic N) is 2. The van der Waals surface area contributed by atoms with Crippen molar-refractivity contribution in [1.29, 1.82) is 0 Å². The summed E-state index contributed by atoms with van der Waals surface area (Å²) in [5, 5.41) is 9.46. The van der Waals surface area contributed by atoms with Crippen molar-refractivity contribution in [3.05, 3.63) is 18.1 Å². The smallest absolute Gasteiger partial charge is 0.269 e. The second-order valence-corrected chi connectivity index (χ2v) is 3.86. The minimum atomic E-state index is -0.213. The minimum absolute atomic E-state index is 0.213. The summed E-state index contributed by atoms with van der Waals surface area (Å²) in [6, 6.07) is 0. The van der Waals surface area contributed by atoms with Gasteiger partial charge < -0.3 is 11.1 Å². The number of rotatable bonds is 2. The largest absolute Gasteiger partial charge is 0.375 e. The number of nitrogen functional groups attached to an aromatic ring is 1. The highest BCUT2D eigenvalue weighted by Gasteiger charge is 2.15. The van der Waals surface area contributed by atoms with Crippen LogP contribution in [0.1, 0.15) is 10.5 Å². The molecule has 2 rings (SSSR count). The molecule has 2 heterocycles. The molecule has 0 atom stereocenters. The van der Waals surface area contributed by atoms with Gasteiger partial charge in [0.25, 0.3) is 5.91 Å². The Balaban J connectivity index is 2.45. The van der Waals surface area contributed by atoms with E-state index in [1.807, 2.05) is 0 Å². The number of aromatic amines is 1. The first-order valence-corrected chi connectivity index (χ1v) is 5.01. The Hall–Kier alpha value is -1.89. The van der Waals surface area contributed by atoms with Crippen LogP contribution in [0.15, 0.2) is 12.4 Å². The number of anilines is 1. The van der Waals surface area contributed by atoms with Gasteiger partial charge in [0.2, 0.25) is 0 Å². The molecule has 4 N–H and O–H groups in total. The molecular formula is C8H9N5OS. The van der Waals surface area contributed by atoms with E-state index in [4.69, 9.17) is 5.73 Å². The normalized spacial score (nSPS) is 10.2. The predicted molar refractivity (Wildman–Crippen MR) is 57.5 cm³/mol. The summed E-state index contributed by atoms with van der Waals surface area (Å²) >= 11 is 1.31. The lowest BCUT2D eigenvalue weighted by molar-refractivity contribution is 0.0959. The quantitative estimate of drug-likeness (QED) is 0.689. The highest BCUT2D eigenvalue weighted by Crippen LogP contribution is 2.28. The molecule has 0 aliphatic carbocycles. The van der Waals surface area contributed by atoms with Crippen molar-refractivity contribution in [2.24, 2.45) is 0 Å². The number of aromatic nitrogens is 3. The standard InChI is InChI=1S/C8H9N5OS/c1-10-7(14)6-4(2-12-13-6)5-3-11-8(9)15-5/h2-3H,1H3,(H2,9,11)(H,10,14)(H,12,13). The Kier molecular flexibility index (Phi) is 2.38. The van der Waals surface area contributed by atoms with Crippen LogP contribution < -0.4 is 11.1 Å². The summed E-state index contributed by atoms with van der Waals surface area (Å²) in [5.74, 6) is -0.213. The highest BCUT2D eigenvalue weighted by molar-refractivity contribution is 7.18. The monoisotopic (exact) mass is 223 g/mol. The fraction of sp³-hybridized carbons (Fsp3) is 0.125. The Bertz CT molecular complexity index is 489. The molecule has 6 nitrogen and oxygen atoms in total. The number of carbonyl (C=O) groups excluding carboxylic acids is 1. The van der Waals surface area contributed by atoms with E-state index in [1.54, 1.807) is 19.4 Å². The third-order valence-corrected chi connectivity index (χ3v) is 2.74. The number of nitrogens with two attached hydrogens (primary N) is 1. The van der Waals surface area contributed by atoms with Crippen LogP contribution in [0.2, 0.25) is 0 Å². The molecule has 0 saturated heterocycles. The Morgan fingerprint density at radius 2 is 2.40 bits per heavy atom. The summed E-state index contributed by atoms with van der Waals surface area (Å²) < 4.78 is 0. The molecule has 0 radical (unpaired) electrons. The molecule has 0 unspecified atom stereocenters. The minimum Gasteiger partial charge on any atom is -0.375 e. The van der Waals surface area contributed by atoms with Gasteiger partial charge in [-0.25, -0.2) is 4.98 Å². The second kappa shape index (κ2) is 3.70. The number of carbonyl (C=O) groups is 1. The average molecular weight is 223 g/mol. The van der Waals surface area contributed by atoms with Gasteiger partial charge in [-0.05, 0) is 0 Å². The maximum Gasteiger partial charge on any atom is 0.269 e. The highest BCUT2D eigenvalue weighted by atomic mass is 32.1. The van der Waals surface area contributed by atoms with Crippen LogP contribution in [0.3, 0.4) is 0 Å². The predicted octanol–water partition coefficient (Wildman–Crippen LogP) is 0.475. The third-order valence-electron chi connectivity index (χ3n) is 1.88. The molecule has 1 amide bonds. The fourth-order valence-corrected chi connectivity index (χ4v) is 1.88. The van der Waals surface area contributed by atoms with Gasteiger partial charge in [0.15, 0.2) is 5.13 Å². The lowest BCUT2D eigenvalue weighted by Gasteiger charge is -1.97. The summed E-state index contributed by atoms with van der Waals surface area (Å²) in [4.78, 5) is 16.2. The van der Waals surface area contributed by atoms with Gasteiger partial charge in [0.05, 0.1) is 11.1 Å². The van der Waals surface area contributed by atoms with Crippen molar-refractivity contribution < 1.29 is 4.79 Å². The first-order valence-electron chi connectivity index (χ1n) is 4.19. The van der Waals surface area contributed by atoms with Crippen LogP contribution in [0.25, 0.3) is 10.4 Å². The van der Waals surface area contributed by atoms with E-state index < -0.39 is 0 Å². The molecule has 0 aromatic carbocycles. The molecule has 2 aromatic rings. The van der Waals surface area contributed by atoms with Gasteiger partial charge in [0.1, 0.15) is 5.69 Å². The van der Waals surface area contributed by atoms with Gasteiger partial charge in [-0.2, -0.15) is 5.10 Å². The molecule has 15 heavy (non-hydrogen) atoms. The SMILES string of the molecule is CNC(=O)c1[nH]ncc1-c1cnc(N)s1. The Morgan fingerprint density at radius 3 is 3.00 bits per heavy atom. The molecule has 0 spiro atoms. The third kappa shape index (κ3) is 1.68. The second-order valence-electron chi connectivity index (χ2n) is 2.80. The summed E-state index contributed by atoms with van der Waals surface area (Å²) in [6.07, 6.45) is 3.20. The Morgan fingerprint density at radius 1 is 1.60 bits per heavy atom. The fourth-order valence-electron chi connectivity index (χ4n) is 1.18. The van der Waals surface area contributed by atoms with E-state index in [0.717, 1.165) is 4.88 Å². The first kappa shape index (κ1) is 9.66. The van der Waals surface area contributed by atoms with E-state index in [0.29, 0.717) is 16.4 Å². The first-order chi connectivity index (χ1) is 7.22. The average Bonchev–Trinajstić information content (AvgIpc) is 2.84. The molecule has 0 aliphatic heterocycles. The molecule has 2 aromatic heterocycles. The van der Waals surface area contributed by atoms with Crippen LogP contribution in [0.4, 0.5) is 5.13 Å². The Labute approximate surface area is 89.5 Å². The number of H-pyrrole nitrogens is 1. The van der Waals surface area contributed by atoms with E-state index in [-0.39, 0.29) is 5.91 Å². The van der Waals surface area contributed by atoms with Crippen LogP contribution in [0, 0.1) is 0 Å². The number of amides is 1. The van der Waals surface area contributed by atoms with Gasteiger partial charge in [-0.1, -0.05) is 11.3 Å². The van der Waals surface area contributed by atoms with Gasteiger partial charge >= 0.3 is 0 Å². The molecule has 0 fully saturated rings. The van der Waals surface area contributed by atoms with Crippen LogP contribution >= 0.6 is 11.3 Å². The zero-order chi connectivity index (χ0) is 10.8. The van der Waals surface area contributed by atoms with Crippen molar-refractivity contribution >= 4 is 22.4 Å². The van der Waals surface area contributed by atoms with Gasteiger partial charge in [-0.3, -0.25) is 9.89 Å². The maximum atomic E-state index is 11.4. The number of nitrogens with one attached hydrogen (secondary N) is 2. The van der Waals surface area contributed by atoms with Crippen molar-refractivity contribution in [3.63, 3.8) is 0 Å². The number of hydrogen-bond acceptors (Lipinski definition) is 5. The van der Waals surface area contributed by atoms with E-state index >= 15 is 0 Å². The van der Waals surface area contributed by atoms with Gasteiger partial charge in [0, 0.05) is 18.8 Å². The molecule has 7 heteroatoms. The topological polar surface area (TPSA) is 96.7 Å². The summed E-state index contributed by atoms with van der Waals surface area (Å²) in [5.41, 5.74) is 6.65. The summed E-state index contributed by atoms with van der Waals surface area (Å²) in [7, 11) is 1.56. The van der Waals surface area contributed by atoms with Crippen molar-refractivity contribution in [1.82, 2.24) is 20.5 Å². The molecule has 0 saturated carbocycles. The van der Waals surface area contributed by atoms with Crippen molar-refractivity contribution in [2.75, 3.05) is 12.8 Å². The van der Waals surface area contributed by atoms with E-state index in [9.17, 15) is 4.79 Å². The molecule has 78 valence electrons. The van der Waals surface area contributed by atoms with E-state index in [1.165, 1.54) is 11.3 Å². The maximum absolute atomic E-state index is 11.4. The molecule has 0 bridgehead atoms. The van der Waals surface area contributed by atoms with Crippen LogP contribution in [-0.2, 0) is 0 Å². The number of thiazole rings is 1. The summed E-state index contributed by atoms with van der Waals surface area (Å²) in [6.45, 7) is 0. The van der Waals surface area contributed by atoms with E-state index in [2.05, 4.69) is 20.5 Å². The van der Waals surface area contributed by atoms with Crippen LogP contribution in [0.5, 0.6) is 0 Å². The zero-order valence-corrected chi connectivity index (χ0v) is 8.76. The zero-order valence-electron chi connectivity index (χ0n) is 7.94. The van der Waals surface area contributed by atoms with Crippen molar-refractivity contribution in [2.45, 2.75) is 0 Å². The molecular weight excluding hydrogens is 214 g/mol. The van der Waals surface area contributed by atoms with Crippen molar-refractivity contribution in [3.8, 4) is 10.4 Å². The van der Waals surface area contributed by atoms with Crippen LogP contribution in [-0.4, -0.2) is 28.1 Å². The lowest BCUT2D eigenvalue weighted by Crippen LogP contribution is -2.18.